The van der Waals surface area contributed by atoms with Crippen molar-refractivity contribution in [3.05, 3.63) is 88.7 Å². The Morgan fingerprint density at radius 2 is 1.61 bits per heavy atom. The van der Waals surface area contributed by atoms with Crippen LogP contribution in [0, 0.1) is 0 Å². The second-order valence-electron chi connectivity index (χ2n) is 5.33. The van der Waals surface area contributed by atoms with Crippen molar-refractivity contribution < 1.29 is 4.79 Å². The van der Waals surface area contributed by atoms with E-state index in [1.165, 1.54) is 0 Å². The third-order valence-corrected chi connectivity index (χ3v) is 4.07. The number of carbonyl (C=O) groups excluding carboxylic acids is 1. The first-order valence-corrected chi connectivity index (χ1v) is 9.82. The zero-order valence-corrected chi connectivity index (χ0v) is 17.8. The molecule has 0 aliphatic heterocycles. The molecular formula is C21H26BrN5O. The fourth-order valence-corrected chi connectivity index (χ4v) is 2.40. The van der Waals surface area contributed by atoms with Crippen molar-refractivity contribution in [3.63, 3.8) is 0 Å². The van der Waals surface area contributed by atoms with Crippen molar-refractivity contribution in [2.75, 3.05) is 0 Å². The summed E-state index contributed by atoms with van der Waals surface area (Å²) in [5.74, 6) is -0.0347. The van der Waals surface area contributed by atoms with Gasteiger partial charge < -0.3 is 11.1 Å². The van der Waals surface area contributed by atoms with Crippen LogP contribution in [0.4, 0.5) is 0 Å². The summed E-state index contributed by atoms with van der Waals surface area (Å²) in [7, 11) is 0. The molecule has 1 amide bonds. The zero-order valence-electron chi connectivity index (χ0n) is 16.2. The number of nitrogens with one attached hydrogen (secondary N) is 1. The highest BCUT2D eigenvalue weighted by Gasteiger charge is 2.06. The predicted molar refractivity (Wildman–Crippen MR) is 115 cm³/mol. The molecule has 3 aromatic rings. The van der Waals surface area contributed by atoms with E-state index in [1.807, 2.05) is 50.2 Å². The van der Waals surface area contributed by atoms with Crippen LogP contribution in [0.1, 0.15) is 30.5 Å². The third-order valence-electron chi connectivity index (χ3n) is 3.36. The summed E-state index contributed by atoms with van der Waals surface area (Å²) in [6, 6.07) is 11.3. The van der Waals surface area contributed by atoms with Crippen molar-refractivity contribution in [2.45, 2.75) is 33.4 Å². The van der Waals surface area contributed by atoms with Crippen LogP contribution in [-0.2, 0) is 24.3 Å². The molecule has 0 saturated heterocycles. The van der Waals surface area contributed by atoms with Gasteiger partial charge in [-0.1, -0.05) is 32.0 Å². The van der Waals surface area contributed by atoms with E-state index in [0.29, 0.717) is 24.1 Å². The fraction of sp³-hybridized carbons (Fsp3) is 0.238. The van der Waals surface area contributed by atoms with E-state index in [2.05, 4.69) is 36.2 Å². The predicted octanol–water partition coefficient (Wildman–Crippen LogP) is 3.66. The van der Waals surface area contributed by atoms with Crippen molar-refractivity contribution >= 4 is 21.8 Å². The highest BCUT2D eigenvalue weighted by Crippen LogP contribution is 2.12. The van der Waals surface area contributed by atoms with Gasteiger partial charge in [0.25, 0.3) is 0 Å². The van der Waals surface area contributed by atoms with E-state index in [1.54, 1.807) is 31.0 Å². The number of hydrogen-bond donors (Lipinski definition) is 2. The molecule has 0 atom stereocenters. The highest BCUT2D eigenvalue weighted by molar-refractivity contribution is 9.10. The van der Waals surface area contributed by atoms with Gasteiger partial charge >= 0.3 is 0 Å². The zero-order chi connectivity index (χ0) is 20.6. The molecule has 3 heterocycles. The quantitative estimate of drug-likeness (QED) is 0.586. The van der Waals surface area contributed by atoms with E-state index in [-0.39, 0.29) is 5.91 Å². The van der Waals surface area contributed by atoms with Crippen LogP contribution < -0.4 is 11.1 Å². The molecule has 0 radical (unpaired) electrons. The maximum absolute atomic E-state index is 11.8. The summed E-state index contributed by atoms with van der Waals surface area (Å²) >= 11 is 3.32. The number of carbonyl (C=O) groups is 1. The third kappa shape index (κ3) is 9.34. The number of hydrogen-bond acceptors (Lipinski definition) is 5. The number of aromatic nitrogens is 3. The normalized spacial score (nSPS) is 9.29. The Morgan fingerprint density at radius 3 is 2.11 bits per heavy atom. The maximum atomic E-state index is 11.8. The lowest BCUT2D eigenvalue weighted by Crippen LogP contribution is -2.24. The second kappa shape index (κ2) is 14.4. The number of halogens is 1. The molecule has 0 saturated carbocycles. The fourth-order valence-electron chi connectivity index (χ4n) is 2.01. The lowest BCUT2D eigenvalue weighted by Gasteiger charge is -2.06. The van der Waals surface area contributed by atoms with E-state index in [9.17, 15) is 4.79 Å². The summed E-state index contributed by atoms with van der Waals surface area (Å²) < 4.78 is 0.710. The number of pyridine rings is 3. The molecule has 0 spiro atoms. The lowest BCUT2D eigenvalue weighted by molar-refractivity contribution is -0.120. The average molecular weight is 444 g/mol. The average Bonchev–Trinajstić information content (AvgIpc) is 2.77. The molecule has 0 aliphatic rings. The molecule has 0 unspecified atom stereocenters. The molecule has 28 heavy (non-hydrogen) atoms. The van der Waals surface area contributed by atoms with E-state index < -0.39 is 0 Å². The molecule has 7 heteroatoms. The minimum atomic E-state index is -0.0347. The molecule has 0 aliphatic carbocycles. The Hall–Kier alpha value is -2.64. The topological polar surface area (TPSA) is 93.8 Å². The molecule has 0 aromatic carbocycles. The summed E-state index contributed by atoms with van der Waals surface area (Å²) in [6.45, 7) is 5.07. The number of amides is 1. The Morgan fingerprint density at radius 1 is 1.00 bits per heavy atom. The summed E-state index contributed by atoms with van der Waals surface area (Å²) in [6.07, 6.45) is 8.94. The first kappa shape index (κ1) is 23.4. The molecule has 148 valence electrons. The molecule has 3 aromatic heterocycles. The van der Waals surface area contributed by atoms with E-state index in [0.717, 1.165) is 16.7 Å². The van der Waals surface area contributed by atoms with Crippen molar-refractivity contribution in [3.8, 4) is 0 Å². The summed E-state index contributed by atoms with van der Waals surface area (Å²) in [5, 5.41) is 2.85. The highest BCUT2D eigenvalue weighted by atomic mass is 79.9. The summed E-state index contributed by atoms with van der Waals surface area (Å²) in [5.41, 5.74) is 8.24. The van der Waals surface area contributed by atoms with Gasteiger partial charge in [-0.05, 0) is 50.8 Å². The Balaban J connectivity index is 0.000000327. The van der Waals surface area contributed by atoms with Gasteiger partial charge in [-0.3, -0.25) is 14.8 Å². The van der Waals surface area contributed by atoms with E-state index in [4.69, 9.17) is 5.73 Å². The molecule has 0 fully saturated rings. The van der Waals surface area contributed by atoms with Gasteiger partial charge in [-0.25, -0.2) is 4.98 Å². The van der Waals surface area contributed by atoms with Gasteiger partial charge in [-0.2, -0.15) is 0 Å². The van der Waals surface area contributed by atoms with Crippen molar-refractivity contribution in [1.29, 1.82) is 0 Å². The first-order valence-electron chi connectivity index (χ1n) is 9.03. The minimum Gasteiger partial charge on any atom is -0.352 e. The summed E-state index contributed by atoms with van der Waals surface area (Å²) in [4.78, 5) is 23.7. The van der Waals surface area contributed by atoms with Crippen LogP contribution >= 0.6 is 15.9 Å². The Kier molecular flexibility index (Phi) is 12.1. The first-order chi connectivity index (χ1) is 13.7. The van der Waals surface area contributed by atoms with Crippen LogP contribution in [0.5, 0.6) is 0 Å². The SMILES string of the molecule is CC.NCc1cccnc1.O=C(Cc1cccnc1Br)NCc1cccnc1. The Labute approximate surface area is 174 Å². The van der Waals surface area contributed by atoms with Crippen LogP contribution in [0.25, 0.3) is 0 Å². The second-order valence-corrected chi connectivity index (χ2v) is 6.08. The smallest absolute Gasteiger partial charge is 0.224 e. The largest absolute Gasteiger partial charge is 0.352 e. The lowest BCUT2D eigenvalue weighted by atomic mass is 10.2. The Bertz CT molecular complexity index is 800. The van der Waals surface area contributed by atoms with Crippen LogP contribution in [0.2, 0.25) is 0 Å². The van der Waals surface area contributed by atoms with Crippen LogP contribution in [-0.4, -0.2) is 20.9 Å². The number of nitrogens with two attached hydrogens (primary N) is 1. The van der Waals surface area contributed by atoms with Gasteiger partial charge in [0, 0.05) is 44.1 Å². The van der Waals surface area contributed by atoms with Gasteiger partial charge in [0.15, 0.2) is 0 Å². The van der Waals surface area contributed by atoms with Gasteiger partial charge in [0.1, 0.15) is 4.60 Å². The molecule has 0 bridgehead atoms. The van der Waals surface area contributed by atoms with Crippen LogP contribution in [0.15, 0.2) is 72.0 Å². The van der Waals surface area contributed by atoms with Crippen molar-refractivity contribution in [2.24, 2.45) is 5.73 Å². The molecular weight excluding hydrogens is 418 g/mol. The standard InChI is InChI=1S/C13H12BrN3O.C6H8N2.C2H6/c14-13-11(4-2-6-16-13)7-12(18)17-9-10-3-1-5-15-8-10;7-4-6-2-1-3-8-5-6;1-2/h1-6,8H,7,9H2,(H,17,18);1-3,5H,4,7H2;1-2H3. The molecule has 6 nitrogen and oxygen atoms in total. The minimum absolute atomic E-state index is 0.0347. The van der Waals surface area contributed by atoms with Gasteiger partial charge in [0.2, 0.25) is 5.91 Å². The molecule has 3 rings (SSSR count). The van der Waals surface area contributed by atoms with Crippen molar-refractivity contribution in [1.82, 2.24) is 20.3 Å². The van der Waals surface area contributed by atoms with Gasteiger partial charge in [0.05, 0.1) is 6.42 Å². The molecule has 3 N–H and O–H groups in total. The number of nitrogens with zero attached hydrogens (tertiary/aromatic N) is 3. The van der Waals surface area contributed by atoms with Gasteiger partial charge in [-0.15, -0.1) is 0 Å². The number of rotatable bonds is 5. The maximum Gasteiger partial charge on any atom is 0.224 e. The van der Waals surface area contributed by atoms with E-state index >= 15 is 0 Å². The monoisotopic (exact) mass is 443 g/mol. The van der Waals surface area contributed by atoms with Crippen LogP contribution in [0.3, 0.4) is 0 Å².